The Morgan fingerprint density at radius 1 is 0.419 bits per heavy atom. The first-order valence-corrected chi connectivity index (χ1v) is 14.7. The summed E-state index contributed by atoms with van der Waals surface area (Å²) in [6, 6.07) is 52.2. The van der Waals surface area contributed by atoms with Crippen LogP contribution in [0.3, 0.4) is 0 Å². The summed E-state index contributed by atoms with van der Waals surface area (Å²) >= 11 is 0. The molecule has 0 fully saturated rings. The Balaban J connectivity index is 1.11. The summed E-state index contributed by atoms with van der Waals surface area (Å²) in [6.07, 6.45) is 0. The number of hydrogen-bond donors (Lipinski definition) is 0. The van der Waals surface area contributed by atoms with Gasteiger partial charge in [-0.15, -0.1) is 0 Å². The first-order chi connectivity index (χ1) is 21.3. The van der Waals surface area contributed by atoms with Crippen LogP contribution in [0.2, 0.25) is 0 Å². The Labute approximate surface area is 248 Å². The molecular formula is C40H27N3. The molecule has 0 spiro atoms. The molecule has 0 saturated carbocycles. The van der Waals surface area contributed by atoms with Crippen molar-refractivity contribution >= 4 is 54.4 Å². The summed E-state index contributed by atoms with van der Waals surface area (Å²) in [5, 5.41) is 7.49. The second-order valence-electron chi connectivity index (χ2n) is 11.3. The molecule has 0 bridgehead atoms. The van der Waals surface area contributed by atoms with E-state index in [-0.39, 0.29) is 0 Å². The molecular weight excluding hydrogens is 522 g/mol. The lowest BCUT2D eigenvalue weighted by Gasteiger charge is -2.10. The zero-order valence-corrected chi connectivity index (χ0v) is 23.7. The van der Waals surface area contributed by atoms with E-state index < -0.39 is 0 Å². The van der Waals surface area contributed by atoms with Gasteiger partial charge < -0.3 is 9.13 Å². The number of nitrogens with zero attached hydrogens (tertiary/aromatic N) is 3. The largest absolute Gasteiger partial charge is 0.327 e. The minimum atomic E-state index is 0.977. The molecule has 7 aromatic carbocycles. The topological polar surface area (TPSA) is 22.8 Å². The zero-order chi connectivity index (χ0) is 28.5. The average molecular weight is 550 g/mol. The van der Waals surface area contributed by atoms with E-state index in [0.29, 0.717) is 0 Å². The van der Waals surface area contributed by atoms with Gasteiger partial charge in [-0.25, -0.2) is 4.98 Å². The summed E-state index contributed by atoms with van der Waals surface area (Å²) in [5.41, 5.74) is 9.33. The maximum atomic E-state index is 5.21. The first-order valence-electron chi connectivity index (χ1n) is 14.7. The van der Waals surface area contributed by atoms with Crippen LogP contribution in [-0.2, 0) is 7.05 Å². The standard InChI is InChI=1S/C40H27N3/c1-42-39-35-15-5-3-11-31(35)30-10-2-4-14-34(30)38(39)41-40(42)28-20-18-26(19-21-28)27-22-24-29(25-23-27)43-36-16-8-6-12-32(36)33-13-7-9-17-37(33)43/h2-25H,1H3. The van der Waals surface area contributed by atoms with Crippen molar-refractivity contribution in [1.29, 1.82) is 0 Å². The molecule has 0 aliphatic carbocycles. The van der Waals surface area contributed by atoms with Crippen molar-refractivity contribution in [2.45, 2.75) is 0 Å². The molecule has 9 rings (SSSR count). The van der Waals surface area contributed by atoms with E-state index in [0.717, 1.165) is 22.6 Å². The molecule has 43 heavy (non-hydrogen) atoms. The Hall–Kier alpha value is -5.67. The van der Waals surface area contributed by atoms with E-state index in [1.54, 1.807) is 0 Å². The number of aromatic nitrogens is 3. The van der Waals surface area contributed by atoms with Crippen molar-refractivity contribution in [1.82, 2.24) is 14.1 Å². The van der Waals surface area contributed by atoms with Crippen molar-refractivity contribution in [3.63, 3.8) is 0 Å². The van der Waals surface area contributed by atoms with Gasteiger partial charge in [-0.05, 0) is 46.2 Å². The van der Waals surface area contributed by atoms with Crippen LogP contribution in [0.4, 0.5) is 0 Å². The highest BCUT2D eigenvalue weighted by Crippen LogP contribution is 2.37. The Morgan fingerprint density at radius 3 is 1.47 bits per heavy atom. The van der Waals surface area contributed by atoms with Gasteiger partial charge in [-0.2, -0.15) is 0 Å². The van der Waals surface area contributed by atoms with Crippen molar-refractivity contribution in [3.8, 4) is 28.2 Å². The molecule has 0 saturated heterocycles. The Kier molecular flexibility index (Phi) is 5.11. The van der Waals surface area contributed by atoms with Gasteiger partial charge >= 0.3 is 0 Å². The van der Waals surface area contributed by atoms with Gasteiger partial charge in [0, 0.05) is 39.8 Å². The summed E-state index contributed by atoms with van der Waals surface area (Å²) in [4.78, 5) is 5.21. The lowest BCUT2D eigenvalue weighted by Crippen LogP contribution is -1.94. The van der Waals surface area contributed by atoms with Crippen molar-refractivity contribution in [3.05, 3.63) is 146 Å². The van der Waals surface area contributed by atoms with Crippen LogP contribution >= 0.6 is 0 Å². The van der Waals surface area contributed by atoms with Gasteiger partial charge in [-0.3, -0.25) is 0 Å². The normalized spacial score (nSPS) is 11.8. The molecule has 3 nitrogen and oxygen atoms in total. The molecule has 0 unspecified atom stereocenters. The fraction of sp³-hybridized carbons (Fsp3) is 0.0250. The molecule has 202 valence electrons. The maximum absolute atomic E-state index is 5.21. The number of aryl methyl sites for hydroxylation is 1. The Morgan fingerprint density at radius 2 is 0.860 bits per heavy atom. The van der Waals surface area contributed by atoms with Gasteiger partial charge in [0.2, 0.25) is 0 Å². The fourth-order valence-electron chi connectivity index (χ4n) is 6.92. The molecule has 9 aromatic rings. The molecule has 2 aromatic heterocycles. The number of para-hydroxylation sites is 2. The molecule has 0 aliphatic heterocycles. The molecule has 0 amide bonds. The van der Waals surface area contributed by atoms with Crippen LogP contribution in [-0.4, -0.2) is 14.1 Å². The number of hydrogen-bond acceptors (Lipinski definition) is 1. The molecule has 0 N–H and O–H groups in total. The highest BCUT2D eigenvalue weighted by atomic mass is 15.1. The first kappa shape index (κ1) is 24.0. The predicted octanol–water partition coefficient (Wildman–Crippen LogP) is 10.3. The SMILES string of the molecule is Cn1c(-c2ccc(-c3ccc(-n4c5ccccc5c5ccccc54)cc3)cc2)nc2c3ccccc3c3ccccc3c21. The van der Waals surface area contributed by atoms with Gasteiger partial charge in [0.15, 0.2) is 0 Å². The summed E-state index contributed by atoms with van der Waals surface area (Å²) in [6.45, 7) is 0. The van der Waals surface area contributed by atoms with Gasteiger partial charge in [0.1, 0.15) is 5.82 Å². The third kappa shape index (κ3) is 3.52. The highest BCUT2D eigenvalue weighted by Gasteiger charge is 2.17. The molecule has 0 radical (unpaired) electrons. The summed E-state index contributed by atoms with van der Waals surface area (Å²) in [5.74, 6) is 0.977. The second-order valence-corrected chi connectivity index (χ2v) is 11.3. The lowest BCUT2D eigenvalue weighted by molar-refractivity contribution is 0.962. The van der Waals surface area contributed by atoms with Gasteiger partial charge in [0.25, 0.3) is 0 Å². The van der Waals surface area contributed by atoms with E-state index in [4.69, 9.17) is 4.98 Å². The van der Waals surface area contributed by atoms with E-state index in [2.05, 4.69) is 162 Å². The molecule has 0 aliphatic rings. The minimum Gasteiger partial charge on any atom is -0.327 e. The second kappa shape index (κ2) is 9.17. The third-order valence-electron chi connectivity index (χ3n) is 8.93. The van der Waals surface area contributed by atoms with Crippen LogP contribution in [0.15, 0.2) is 146 Å². The number of fused-ring (bicyclic) bond motifs is 9. The van der Waals surface area contributed by atoms with Crippen LogP contribution in [0.25, 0.3) is 82.6 Å². The van der Waals surface area contributed by atoms with E-state index >= 15 is 0 Å². The quantitative estimate of drug-likeness (QED) is 0.201. The van der Waals surface area contributed by atoms with Crippen LogP contribution in [0, 0.1) is 0 Å². The monoisotopic (exact) mass is 549 g/mol. The van der Waals surface area contributed by atoms with Gasteiger partial charge in [0.05, 0.1) is 22.1 Å². The zero-order valence-electron chi connectivity index (χ0n) is 23.7. The third-order valence-corrected chi connectivity index (χ3v) is 8.93. The van der Waals surface area contributed by atoms with Crippen LogP contribution in [0.5, 0.6) is 0 Å². The fourth-order valence-corrected chi connectivity index (χ4v) is 6.92. The van der Waals surface area contributed by atoms with Crippen LogP contribution in [0.1, 0.15) is 0 Å². The number of imidazole rings is 1. The lowest BCUT2D eigenvalue weighted by atomic mass is 10.00. The summed E-state index contributed by atoms with van der Waals surface area (Å²) in [7, 11) is 2.13. The summed E-state index contributed by atoms with van der Waals surface area (Å²) < 4.78 is 4.61. The Bertz CT molecular complexity index is 2440. The number of benzene rings is 7. The van der Waals surface area contributed by atoms with E-state index in [9.17, 15) is 0 Å². The molecule has 3 heteroatoms. The molecule has 2 heterocycles. The van der Waals surface area contributed by atoms with Crippen molar-refractivity contribution < 1.29 is 0 Å². The maximum Gasteiger partial charge on any atom is 0.140 e. The van der Waals surface area contributed by atoms with Gasteiger partial charge in [-0.1, -0.05) is 121 Å². The van der Waals surface area contributed by atoms with E-state index in [1.807, 2.05) is 0 Å². The van der Waals surface area contributed by atoms with Crippen molar-refractivity contribution in [2.75, 3.05) is 0 Å². The van der Waals surface area contributed by atoms with Crippen molar-refractivity contribution in [2.24, 2.45) is 7.05 Å². The van der Waals surface area contributed by atoms with Crippen LogP contribution < -0.4 is 0 Å². The predicted molar refractivity (Wildman–Crippen MR) is 181 cm³/mol. The number of rotatable bonds is 3. The smallest absolute Gasteiger partial charge is 0.140 e. The highest BCUT2D eigenvalue weighted by molar-refractivity contribution is 6.23. The van der Waals surface area contributed by atoms with E-state index in [1.165, 1.54) is 60.0 Å². The molecule has 0 atom stereocenters. The average Bonchev–Trinajstić information content (AvgIpc) is 3.60. The minimum absolute atomic E-state index is 0.977.